The lowest BCUT2D eigenvalue weighted by Gasteiger charge is -2.26. The monoisotopic (exact) mass is 499 g/mol. The lowest BCUT2D eigenvalue weighted by molar-refractivity contribution is 0.104. The van der Waals surface area contributed by atoms with Crippen molar-refractivity contribution in [3.05, 3.63) is 65.7 Å². The number of piperidine rings is 1. The summed E-state index contributed by atoms with van der Waals surface area (Å²) >= 11 is 1.64. The molecule has 0 bridgehead atoms. The third-order valence-corrected chi connectivity index (χ3v) is 8.38. The topological polar surface area (TPSA) is 48.0 Å². The molecule has 1 saturated heterocycles. The molecule has 1 aliphatic heterocycles. The van der Waals surface area contributed by atoms with Gasteiger partial charge in [0.05, 0.1) is 14.2 Å². The van der Waals surface area contributed by atoms with Gasteiger partial charge >= 0.3 is 0 Å². The van der Waals surface area contributed by atoms with Gasteiger partial charge in [-0.2, -0.15) is 0 Å². The van der Waals surface area contributed by atoms with Gasteiger partial charge in [-0.3, -0.25) is 9.69 Å². The molecule has 0 N–H and O–H groups in total. The average Bonchev–Trinajstić information content (AvgIpc) is 3.43. The molecule has 6 heteroatoms. The van der Waals surface area contributed by atoms with Gasteiger partial charge in [-0.25, -0.2) is 0 Å². The maximum Gasteiger partial charge on any atom is 0.195 e. The molecule has 0 unspecified atom stereocenters. The number of benzene rings is 3. The highest BCUT2D eigenvalue weighted by atomic mass is 32.1. The van der Waals surface area contributed by atoms with Gasteiger partial charge in [0, 0.05) is 38.2 Å². The number of hydrogen-bond acceptors (Lipinski definition) is 6. The molecule has 0 amide bonds. The van der Waals surface area contributed by atoms with Gasteiger partial charge in [-0.15, -0.1) is 11.3 Å². The molecule has 1 aromatic heterocycles. The van der Waals surface area contributed by atoms with Gasteiger partial charge in [0.2, 0.25) is 0 Å². The van der Waals surface area contributed by atoms with Crippen molar-refractivity contribution in [3.63, 3.8) is 0 Å². The van der Waals surface area contributed by atoms with Crippen molar-refractivity contribution < 1.29 is 19.0 Å². The Labute approximate surface area is 215 Å². The summed E-state index contributed by atoms with van der Waals surface area (Å²) in [4.78, 5) is 17.1. The molecule has 36 heavy (non-hydrogen) atoms. The van der Waals surface area contributed by atoms with E-state index in [4.69, 9.17) is 14.2 Å². The number of thiophene rings is 1. The highest BCUT2D eigenvalue weighted by Gasteiger charge is 2.33. The van der Waals surface area contributed by atoms with Crippen molar-refractivity contribution in [1.82, 2.24) is 4.90 Å². The fourth-order valence-electron chi connectivity index (χ4n) is 5.35. The van der Waals surface area contributed by atoms with E-state index < -0.39 is 0 Å². The van der Waals surface area contributed by atoms with Gasteiger partial charge in [-0.1, -0.05) is 18.6 Å². The SMILES string of the molecule is COc1ccc2c(c1)C(=O)c1c-2sc2cc(OC)cc(-c3cccc(OCCN4CCCCC4)c3)c12. The third kappa shape index (κ3) is 4.04. The van der Waals surface area contributed by atoms with E-state index in [2.05, 4.69) is 17.0 Å². The first-order chi connectivity index (χ1) is 17.7. The number of carbonyl (C=O) groups is 1. The number of fused-ring (bicyclic) bond motifs is 5. The van der Waals surface area contributed by atoms with Gasteiger partial charge in [0.25, 0.3) is 0 Å². The number of nitrogens with zero attached hydrogens (tertiary/aromatic N) is 1. The third-order valence-electron chi connectivity index (χ3n) is 7.21. The van der Waals surface area contributed by atoms with Crippen molar-refractivity contribution in [2.45, 2.75) is 19.3 Å². The molecule has 0 saturated carbocycles. The highest BCUT2D eigenvalue weighted by Crippen LogP contribution is 2.50. The lowest BCUT2D eigenvalue weighted by Crippen LogP contribution is -2.33. The Bertz CT molecular complexity index is 1450. The second kappa shape index (κ2) is 9.60. The molecule has 3 aromatic carbocycles. The van der Waals surface area contributed by atoms with Crippen LogP contribution in [0.2, 0.25) is 0 Å². The summed E-state index contributed by atoms with van der Waals surface area (Å²) in [5.74, 6) is 2.35. The fraction of sp³-hybridized carbons (Fsp3) is 0.300. The van der Waals surface area contributed by atoms with Crippen LogP contribution >= 0.6 is 11.3 Å². The number of ketones is 1. The first-order valence-corrected chi connectivity index (χ1v) is 13.3. The standard InChI is InChI=1S/C30H29NO4S/c1-33-20-9-10-23-25(16-20)29(32)28-27-24(17-22(34-2)18-26(27)36-30(23)28)19-7-6-8-21(15-19)35-14-13-31-11-4-3-5-12-31/h6-10,15-18H,3-5,11-14H2,1-2H3. The summed E-state index contributed by atoms with van der Waals surface area (Å²) in [5.41, 5.74) is 4.44. The van der Waals surface area contributed by atoms with E-state index in [-0.39, 0.29) is 5.78 Å². The number of methoxy groups -OCH3 is 2. The van der Waals surface area contributed by atoms with Crippen molar-refractivity contribution >= 4 is 27.2 Å². The van der Waals surface area contributed by atoms with Crippen LogP contribution in [0.25, 0.3) is 31.7 Å². The van der Waals surface area contributed by atoms with Crippen molar-refractivity contribution in [3.8, 4) is 38.8 Å². The summed E-state index contributed by atoms with van der Waals surface area (Å²) < 4.78 is 18.2. The summed E-state index contributed by atoms with van der Waals surface area (Å²) in [6, 6.07) is 18.0. The summed E-state index contributed by atoms with van der Waals surface area (Å²) in [6.07, 6.45) is 3.89. The number of rotatable bonds is 7. The van der Waals surface area contributed by atoms with Crippen LogP contribution in [0.4, 0.5) is 0 Å². The number of likely N-dealkylation sites (tertiary alicyclic amines) is 1. The van der Waals surface area contributed by atoms with Crippen LogP contribution in [0.5, 0.6) is 17.2 Å². The molecule has 2 aliphatic rings. The van der Waals surface area contributed by atoms with E-state index in [0.29, 0.717) is 17.9 Å². The van der Waals surface area contributed by atoms with Gasteiger partial charge in [0.15, 0.2) is 5.78 Å². The van der Waals surface area contributed by atoms with Crippen molar-refractivity contribution in [1.29, 1.82) is 0 Å². The minimum atomic E-state index is 0.0468. The second-order valence-electron chi connectivity index (χ2n) is 9.37. The number of ether oxygens (including phenoxy) is 3. The van der Waals surface area contributed by atoms with Crippen LogP contribution in [-0.4, -0.2) is 51.1 Å². The zero-order chi connectivity index (χ0) is 24.6. The van der Waals surface area contributed by atoms with Crippen LogP contribution in [0.15, 0.2) is 54.6 Å². The predicted octanol–water partition coefficient (Wildman–Crippen LogP) is 6.66. The van der Waals surface area contributed by atoms with Gasteiger partial charge in [0.1, 0.15) is 23.9 Å². The van der Waals surface area contributed by atoms with E-state index in [1.807, 2.05) is 42.5 Å². The normalized spacial score (nSPS) is 15.1. The Balaban J connectivity index is 1.38. The molecule has 5 nitrogen and oxygen atoms in total. The lowest BCUT2D eigenvalue weighted by atomic mass is 9.97. The first kappa shape index (κ1) is 23.1. The van der Waals surface area contributed by atoms with Crippen LogP contribution in [0.3, 0.4) is 0 Å². The molecule has 4 aromatic rings. The molecule has 0 atom stereocenters. The van der Waals surface area contributed by atoms with Gasteiger partial charge < -0.3 is 14.2 Å². The zero-order valence-corrected chi connectivity index (χ0v) is 21.5. The van der Waals surface area contributed by atoms with E-state index in [9.17, 15) is 4.79 Å². The smallest absolute Gasteiger partial charge is 0.195 e. The maximum atomic E-state index is 13.6. The summed E-state index contributed by atoms with van der Waals surface area (Å²) in [6.45, 7) is 3.94. The average molecular weight is 500 g/mol. The van der Waals surface area contributed by atoms with E-state index in [1.54, 1.807) is 25.6 Å². The molecule has 184 valence electrons. The summed E-state index contributed by atoms with van der Waals surface area (Å²) in [5, 5.41) is 0.974. The first-order valence-electron chi connectivity index (χ1n) is 12.5. The Morgan fingerprint density at radius 2 is 1.64 bits per heavy atom. The Kier molecular flexibility index (Phi) is 6.15. The molecule has 1 aliphatic carbocycles. The van der Waals surface area contributed by atoms with Crippen LogP contribution < -0.4 is 14.2 Å². The summed E-state index contributed by atoms with van der Waals surface area (Å²) in [7, 11) is 3.30. The van der Waals surface area contributed by atoms with E-state index in [0.717, 1.165) is 68.4 Å². The minimum absolute atomic E-state index is 0.0468. The Hall–Kier alpha value is -3.35. The van der Waals surface area contributed by atoms with Crippen LogP contribution in [-0.2, 0) is 0 Å². The Morgan fingerprint density at radius 3 is 2.44 bits per heavy atom. The molecule has 0 spiro atoms. The largest absolute Gasteiger partial charge is 0.497 e. The molecule has 6 rings (SSSR count). The second-order valence-corrected chi connectivity index (χ2v) is 10.4. The van der Waals surface area contributed by atoms with Crippen molar-refractivity contribution in [2.75, 3.05) is 40.5 Å². The molecular formula is C30H29NO4S. The van der Waals surface area contributed by atoms with Crippen LogP contribution in [0.1, 0.15) is 35.2 Å². The quantitative estimate of drug-likeness (QED) is 0.251. The Morgan fingerprint density at radius 1 is 0.833 bits per heavy atom. The maximum absolute atomic E-state index is 13.6. The molecular weight excluding hydrogens is 470 g/mol. The molecule has 2 heterocycles. The highest BCUT2D eigenvalue weighted by molar-refractivity contribution is 7.23. The molecule has 1 fully saturated rings. The predicted molar refractivity (Wildman–Crippen MR) is 145 cm³/mol. The molecule has 0 radical (unpaired) electrons. The number of hydrogen-bond donors (Lipinski definition) is 0. The van der Waals surface area contributed by atoms with Crippen molar-refractivity contribution in [2.24, 2.45) is 0 Å². The fourth-order valence-corrected chi connectivity index (χ4v) is 6.65. The van der Waals surface area contributed by atoms with Crippen LogP contribution in [0, 0.1) is 0 Å². The minimum Gasteiger partial charge on any atom is -0.497 e. The number of carbonyl (C=O) groups excluding carboxylic acids is 1. The van der Waals surface area contributed by atoms with E-state index >= 15 is 0 Å². The zero-order valence-electron chi connectivity index (χ0n) is 20.6. The van der Waals surface area contributed by atoms with Gasteiger partial charge in [-0.05, 0) is 79.5 Å². The van der Waals surface area contributed by atoms with E-state index in [1.165, 1.54) is 19.3 Å².